The summed E-state index contributed by atoms with van der Waals surface area (Å²) in [7, 11) is 0. The smallest absolute Gasteiger partial charge is 0.328 e. The van der Waals surface area contributed by atoms with Crippen LogP contribution in [0.3, 0.4) is 0 Å². The number of nitrogens with zero attached hydrogens (tertiary/aromatic N) is 2. The number of fused-ring (bicyclic) bond motifs is 1. The van der Waals surface area contributed by atoms with Gasteiger partial charge >= 0.3 is 11.9 Å². The lowest BCUT2D eigenvalue weighted by molar-refractivity contribution is -0.143. The highest BCUT2D eigenvalue weighted by Gasteiger charge is 2.19. The van der Waals surface area contributed by atoms with E-state index < -0.39 is 5.97 Å². The number of aliphatic carboxylic acids is 1. The van der Waals surface area contributed by atoms with Crippen LogP contribution in [0.2, 0.25) is 0 Å². The van der Waals surface area contributed by atoms with E-state index in [1.807, 2.05) is 66.2 Å². The number of carbonyl (C=O) groups excluding carboxylic acids is 1. The number of anilines is 1. The van der Waals surface area contributed by atoms with Gasteiger partial charge in [-0.05, 0) is 73.5 Å². The van der Waals surface area contributed by atoms with Crippen molar-refractivity contribution < 1.29 is 28.9 Å². The molecule has 1 fully saturated rings. The second-order valence-electron chi connectivity index (χ2n) is 10.4. The first-order valence-corrected chi connectivity index (χ1v) is 14.3. The minimum Gasteiger partial charge on any atom is -0.478 e. The molecule has 1 aromatic heterocycles. The van der Waals surface area contributed by atoms with E-state index >= 15 is 0 Å². The maximum atomic E-state index is 13.0. The van der Waals surface area contributed by atoms with Crippen molar-refractivity contribution in [3.8, 4) is 17.2 Å². The molecule has 0 spiro atoms. The Morgan fingerprint density at radius 2 is 1.67 bits per heavy atom. The Morgan fingerprint density at radius 1 is 0.952 bits per heavy atom. The number of rotatable bonds is 11. The molecule has 1 aliphatic rings. The third kappa shape index (κ3) is 7.01. The van der Waals surface area contributed by atoms with Crippen LogP contribution in [-0.2, 0) is 25.5 Å². The molecule has 1 aliphatic heterocycles. The van der Waals surface area contributed by atoms with Crippen LogP contribution in [0.15, 0.2) is 72.9 Å². The molecule has 4 aromatic rings. The van der Waals surface area contributed by atoms with Gasteiger partial charge in [0, 0.05) is 53.2 Å². The van der Waals surface area contributed by atoms with E-state index in [9.17, 15) is 14.7 Å². The number of morpholine rings is 1. The average Bonchev–Trinajstić information content (AvgIpc) is 3.35. The minimum atomic E-state index is -1.05. The summed E-state index contributed by atoms with van der Waals surface area (Å²) in [6.45, 7) is 7.51. The van der Waals surface area contributed by atoms with Gasteiger partial charge in [-0.1, -0.05) is 31.0 Å². The highest BCUT2D eigenvalue weighted by molar-refractivity contribution is 5.98. The van der Waals surface area contributed by atoms with Crippen LogP contribution in [0, 0.1) is 6.92 Å². The maximum Gasteiger partial charge on any atom is 0.328 e. The number of benzene rings is 3. The largest absolute Gasteiger partial charge is 0.478 e. The van der Waals surface area contributed by atoms with Crippen LogP contribution in [-0.4, -0.2) is 54.5 Å². The Morgan fingerprint density at radius 3 is 2.36 bits per heavy atom. The molecule has 0 bridgehead atoms. The number of unbranched alkanes of at least 4 members (excludes halogenated alkanes) is 1. The summed E-state index contributed by atoms with van der Waals surface area (Å²) in [6, 6.07) is 19.6. The van der Waals surface area contributed by atoms with Crippen LogP contribution in [0.25, 0.3) is 22.5 Å². The number of aromatic nitrogens is 1. The first-order valence-electron chi connectivity index (χ1n) is 14.3. The third-order valence-electron chi connectivity index (χ3n) is 7.28. The number of ether oxygens (including phenoxy) is 3. The summed E-state index contributed by atoms with van der Waals surface area (Å²) in [6.07, 6.45) is 6.40. The van der Waals surface area contributed by atoms with Crippen molar-refractivity contribution in [2.45, 2.75) is 33.1 Å². The summed E-state index contributed by atoms with van der Waals surface area (Å²) in [4.78, 5) is 26.7. The van der Waals surface area contributed by atoms with Crippen molar-refractivity contribution in [3.05, 3.63) is 89.8 Å². The van der Waals surface area contributed by atoms with E-state index in [0.29, 0.717) is 36.9 Å². The number of hydrogen-bond acceptors (Lipinski definition) is 6. The molecular weight excluding hydrogens is 532 g/mol. The summed E-state index contributed by atoms with van der Waals surface area (Å²) in [5, 5.41) is 11.0. The molecule has 0 unspecified atom stereocenters. The average molecular weight is 569 g/mol. The lowest BCUT2D eigenvalue weighted by Crippen LogP contribution is -2.36. The predicted molar refractivity (Wildman–Crippen MR) is 164 cm³/mol. The van der Waals surface area contributed by atoms with Crippen LogP contribution in [0.5, 0.6) is 11.5 Å². The molecule has 3 aromatic carbocycles. The van der Waals surface area contributed by atoms with Gasteiger partial charge in [0.25, 0.3) is 0 Å². The number of hydrogen-bond donors (Lipinski definition) is 1. The van der Waals surface area contributed by atoms with Crippen LogP contribution in [0.4, 0.5) is 5.69 Å². The Hall–Kier alpha value is -4.56. The summed E-state index contributed by atoms with van der Waals surface area (Å²) in [5.74, 6) is -0.169. The zero-order chi connectivity index (χ0) is 29.5. The molecule has 8 heteroatoms. The van der Waals surface area contributed by atoms with Gasteiger partial charge in [0.05, 0.1) is 26.2 Å². The minimum absolute atomic E-state index is 0.0501. The highest BCUT2D eigenvalue weighted by atomic mass is 16.5. The Bertz CT molecular complexity index is 1560. The normalized spacial score (nSPS) is 13.5. The van der Waals surface area contributed by atoms with Crippen molar-refractivity contribution in [2.24, 2.45) is 0 Å². The topological polar surface area (TPSA) is 90.2 Å². The van der Waals surface area contributed by atoms with Crippen molar-refractivity contribution in [2.75, 3.05) is 37.8 Å². The molecule has 1 N–H and O–H groups in total. The molecule has 0 radical (unpaired) electrons. The quantitative estimate of drug-likeness (QED) is 0.125. The summed E-state index contributed by atoms with van der Waals surface area (Å²) >= 11 is 0. The van der Waals surface area contributed by atoms with Gasteiger partial charge in [-0.2, -0.15) is 0 Å². The zero-order valence-corrected chi connectivity index (χ0v) is 24.0. The SMILES string of the molecule is CCCCOC(=O)Cc1c2cc(Oc3ccc(C)cc3)cc(C=CC(=O)O)c2cn1-c1ccc(N2CCOCC2)cc1. The second kappa shape index (κ2) is 13.4. The van der Waals surface area contributed by atoms with Gasteiger partial charge in [0.15, 0.2) is 0 Å². The standard InChI is InChI=1S/C34H36N2O6/c1-3-4-17-41-34(39)22-32-30-21-29(42-28-12-5-24(2)6-13-28)20-25(7-14-33(37)38)31(30)23-36(32)27-10-8-26(9-11-27)35-15-18-40-19-16-35/h5-14,20-21,23H,3-4,15-19,22H2,1-2H3,(H,37,38). The lowest BCUT2D eigenvalue weighted by atomic mass is 10.0. The summed E-state index contributed by atoms with van der Waals surface area (Å²) in [5.41, 5.74) is 4.52. The van der Waals surface area contributed by atoms with Gasteiger partial charge in [-0.15, -0.1) is 0 Å². The molecule has 8 nitrogen and oxygen atoms in total. The Kier molecular flexibility index (Phi) is 9.24. The number of esters is 1. The molecular formula is C34H36N2O6. The van der Waals surface area contributed by atoms with Crippen molar-refractivity contribution in [3.63, 3.8) is 0 Å². The highest BCUT2D eigenvalue weighted by Crippen LogP contribution is 2.35. The van der Waals surface area contributed by atoms with Gasteiger partial charge < -0.3 is 28.8 Å². The van der Waals surface area contributed by atoms with E-state index in [-0.39, 0.29) is 12.4 Å². The molecule has 2 heterocycles. The van der Waals surface area contributed by atoms with Gasteiger partial charge in [0.2, 0.25) is 0 Å². The fourth-order valence-electron chi connectivity index (χ4n) is 5.04. The van der Waals surface area contributed by atoms with E-state index in [4.69, 9.17) is 14.2 Å². The van der Waals surface area contributed by atoms with Gasteiger partial charge in [0.1, 0.15) is 11.5 Å². The monoisotopic (exact) mass is 568 g/mol. The molecule has 218 valence electrons. The fraction of sp³-hybridized carbons (Fsp3) is 0.294. The zero-order valence-electron chi connectivity index (χ0n) is 24.0. The van der Waals surface area contributed by atoms with Gasteiger partial charge in [-0.3, -0.25) is 4.79 Å². The molecule has 1 saturated heterocycles. The predicted octanol–water partition coefficient (Wildman–Crippen LogP) is 6.55. The Labute approximate surface area is 245 Å². The van der Waals surface area contributed by atoms with E-state index in [1.54, 1.807) is 6.08 Å². The van der Waals surface area contributed by atoms with E-state index in [2.05, 4.69) is 24.0 Å². The molecule has 5 rings (SSSR count). The van der Waals surface area contributed by atoms with Crippen LogP contribution in [0.1, 0.15) is 36.6 Å². The molecule has 0 saturated carbocycles. The first-order chi connectivity index (χ1) is 20.4. The summed E-state index contributed by atoms with van der Waals surface area (Å²) < 4.78 is 19.2. The van der Waals surface area contributed by atoms with Gasteiger partial charge in [-0.25, -0.2) is 4.79 Å². The third-order valence-corrected chi connectivity index (χ3v) is 7.28. The number of carboxylic acids is 1. The van der Waals surface area contributed by atoms with Crippen LogP contribution < -0.4 is 9.64 Å². The van der Waals surface area contributed by atoms with Crippen molar-refractivity contribution >= 4 is 34.5 Å². The van der Waals surface area contributed by atoms with E-state index in [0.717, 1.165) is 65.4 Å². The van der Waals surface area contributed by atoms with Crippen molar-refractivity contribution in [1.29, 1.82) is 0 Å². The Balaban J connectivity index is 1.60. The van der Waals surface area contributed by atoms with Crippen molar-refractivity contribution in [1.82, 2.24) is 4.57 Å². The molecule has 0 amide bonds. The number of aryl methyl sites for hydroxylation is 1. The molecule has 0 aliphatic carbocycles. The van der Waals surface area contributed by atoms with E-state index in [1.165, 1.54) is 0 Å². The second-order valence-corrected chi connectivity index (χ2v) is 10.4. The fourth-order valence-corrected chi connectivity index (χ4v) is 5.04. The maximum absolute atomic E-state index is 13.0. The molecule has 0 atom stereocenters. The first kappa shape index (κ1) is 29.0. The number of carbonyl (C=O) groups is 2. The number of carboxylic acid groups (broad SMARTS) is 1. The lowest BCUT2D eigenvalue weighted by Gasteiger charge is -2.29. The van der Waals surface area contributed by atoms with Crippen LogP contribution >= 0.6 is 0 Å². The molecule has 42 heavy (non-hydrogen) atoms.